The van der Waals surface area contributed by atoms with Crippen molar-refractivity contribution in [1.29, 1.82) is 0 Å². The van der Waals surface area contributed by atoms with Crippen molar-refractivity contribution in [2.24, 2.45) is 0 Å². The largest absolute Gasteiger partial charge is 0.494 e. The zero-order valence-electron chi connectivity index (χ0n) is 24.4. The summed E-state index contributed by atoms with van der Waals surface area (Å²) in [6, 6.07) is 18.3. The second kappa shape index (κ2) is 13.2. The van der Waals surface area contributed by atoms with Crippen LogP contribution in [0.1, 0.15) is 38.2 Å². The zero-order chi connectivity index (χ0) is 30.6. The van der Waals surface area contributed by atoms with Gasteiger partial charge in [-0.3, -0.25) is 4.79 Å². The fourth-order valence-corrected chi connectivity index (χ4v) is 7.45. The van der Waals surface area contributed by atoms with Crippen molar-refractivity contribution in [2.75, 3.05) is 36.0 Å². The molecule has 2 fully saturated rings. The maximum Gasteiger partial charge on any atom is 0.305 e. The Balaban J connectivity index is 1.20. The minimum Gasteiger partial charge on any atom is -0.494 e. The molecule has 230 valence electrons. The quantitative estimate of drug-likeness (QED) is 0.313. The predicted octanol–water partition coefficient (Wildman–Crippen LogP) is 4.98. The molecule has 0 spiro atoms. The Labute approximate surface area is 252 Å². The molecule has 3 aromatic rings. The van der Waals surface area contributed by atoms with Crippen LogP contribution in [-0.2, 0) is 14.8 Å². The molecule has 2 N–H and O–H groups in total. The Kier molecular flexibility index (Phi) is 9.41. The highest BCUT2D eigenvalue weighted by Crippen LogP contribution is 2.32. The van der Waals surface area contributed by atoms with Crippen molar-refractivity contribution in [3.05, 3.63) is 78.1 Å². The van der Waals surface area contributed by atoms with E-state index in [1.54, 1.807) is 43.3 Å². The lowest BCUT2D eigenvalue weighted by atomic mass is 10.1. The molecule has 0 saturated carbocycles. The summed E-state index contributed by atoms with van der Waals surface area (Å²) in [7, 11) is -3.76. The summed E-state index contributed by atoms with van der Waals surface area (Å²) in [6.45, 7) is 5.82. The maximum atomic E-state index is 14.5. The van der Waals surface area contributed by atoms with E-state index in [2.05, 4.69) is 4.72 Å². The number of rotatable bonds is 11. The second-order valence-corrected chi connectivity index (χ2v) is 12.8. The van der Waals surface area contributed by atoms with Crippen molar-refractivity contribution in [3.63, 3.8) is 0 Å². The highest BCUT2D eigenvalue weighted by atomic mass is 32.2. The third-order valence-electron chi connectivity index (χ3n) is 8.01. The standard InChI is InChI=1S/C32H38FN3O6S/c1-3-41-28-12-13-29(33)30(20-28)35-16-14-27(15-17-35)42-26-10-8-24(9-11-26)36-21-23(18-25(36)19-32(37)38)34-43(39,40)31-7-5-4-6-22(31)2/h4-13,20,23,25,27,34H,3,14-19,21H2,1-2H3,(H,37,38)/t23-,25-/m1/s1. The topological polar surface area (TPSA) is 108 Å². The number of hydrogen-bond donors (Lipinski definition) is 2. The Bertz CT molecular complexity index is 1530. The maximum absolute atomic E-state index is 14.5. The molecule has 2 heterocycles. The van der Waals surface area contributed by atoms with Crippen LogP contribution in [0.15, 0.2) is 71.6 Å². The number of nitrogens with zero attached hydrogens (tertiary/aromatic N) is 2. The van der Waals surface area contributed by atoms with Gasteiger partial charge in [0, 0.05) is 56.3 Å². The number of halogens is 1. The SMILES string of the molecule is CCOc1ccc(F)c(N2CCC(Oc3ccc(N4C[C@H](NS(=O)(=O)c5ccccc5C)C[C@@H]4CC(=O)O)cc3)CC2)c1. The van der Waals surface area contributed by atoms with Gasteiger partial charge in [-0.1, -0.05) is 18.2 Å². The summed E-state index contributed by atoms with van der Waals surface area (Å²) in [4.78, 5) is 15.8. The minimum atomic E-state index is -3.76. The van der Waals surface area contributed by atoms with Crippen LogP contribution in [0.25, 0.3) is 0 Å². The van der Waals surface area contributed by atoms with Crippen molar-refractivity contribution in [1.82, 2.24) is 4.72 Å². The van der Waals surface area contributed by atoms with Crippen LogP contribution in [0.3, 0.4) is 0 Å². The normalized spacial score (nSPS) is 19.4. The van der Waals surface area contributed by atoms with E-state index in [9.17, 15) is 22.7 Å². The summed E-state index contributed by atoms with van der Waals surface area (Å²) in [5.41, 5.74) is 1.99. The second-order valence-electron chi connectivity index (χ2n) is 11.1. The molecule has 2 aliphatic heterocycles. The Morgan fingerprint density at radius 2 is 1.74 bits per heavy atom. The van der Waals surface area contributed by atoms with E-state index in [1.165, 1.54) is 6.07 Å². The van der Waals surface area contributed by atoms with Gasteiger partial charge in [0.15, 0.2) is 0 Å². The lowest BCUT2D eigenvalue weighted by Crippen LogP contribution is -2.38. The smallest absolute Gasteiger partial charge is 0.305 e. The van der Waals surface area contributed by atoms with Crippen LogP contribution in [0.2, 0.25) is 0 Å². The van der Waals surface area contributed by atoms with Gasteiger partial charge in [-0.25, -0.2) is 17.5 Å². The summed E-state index contributed by atoms with van der Waals surface area (Å²) in [6.07, 6.45) is 1.72. The van der Waals surface area contributed by atoms with Crippen LogP contribution < -0.4 is 24.0 Å². The average Bonchev–Trinajstić information content (AvgIpc) is 3.35. The monoisotopic (exact) mass is 611 g/mol. The van der Waals surface area contributed by atoms with Crippen molar-refractivity contribution < 1.29 is 32.2 Å². The molecule has 5 rings (SSSR count). The number of anilines is 2. The number of ether oxygens (including phenoxy) is 2. The van der Waals surface area contributed by atoms with E-state index in [1.807, 2.05) is 41.0 Å². The van der Waals surface area contributed by atoms with Crippen molar-refractivity contribution >= 4 is 27.4 Å². The molecule has 43 heavy (non-hydrogen) atoms. The first-order valence-corrected chi connectivity index (χ1v) is 16.1. The van der Waals surface area contributed by atoms with Gasteiger partial charge < -0.3 is 24.4 Å². The van der Waals surface area contributed by atoms with Gasteiger partial charge >= 0.3 is 5.97 Å². The minimum absolute atomic E-state index is 0.0213. The number of benzene rings is 3. The number of piperidine rings is 1. The molecule has 9 nitrogen and oxygen atoms in total. The molecular formula is C32H38FN3O6S. The van der Waals surface area contributed by atoms with Gasteiger partial charge in [0.05, 0.1) is 23.6 Å². The highest BCUT2D eigenvalue weighted by molar-refractivity contribution is 7.89. The number of carbonyl (C=O) groups is 1. The molecule has 2 saturated heterocycles. The van der Waals surface area contributed by atoms with Gasteiger partial charge in [-0.15, -0.1) is 0 Å². The third-order valence-corrected chi connectivity index (χ3v) is 9.69. The van der Waals surface area contributed by atoms with Crippen LogP contribution in [0.5, 0.6) is 11.5 Å². The van der Waals surface area contributed by atoms with Gasteiger partial charge in [-0.2, -0.15) is 0 Å². The number of aryl methyl sites for hydroxylation is 1. The summed E-state index contributed by atoms with van der Waals surface area (Å²) < 4.78 is 55.2. The zero-order valence-corrected chi connectivity index (χ0v) is 25.2. The fraction of sp³-hybridized carbons (Fsp3) is 0.406. The first-order valence-electron chi connectivity index (χ1n) is 14.6. The fourth-order valence-electron chi connectivity index (χ4n) is 5.97. The summed E-state index contributed by atoms with van der Waals surface area (Å²) in [5, 5.41) is 9.53. The van der Waals surface area contributed by atoms with Crippen molar-refractivity contribution in [2.45, 2.75) is 62.6 Å². The molecule has 11 heteroatoms. The van der Waals surface area contributed by atoms with E-state index in [4.69, 9.17) is 9.47 Å². The van der Waals surface area contributed by atoms with Crippen LogP contribution >= 0.6 is 0 Å². The Hall–Kier alpha value is -3.83. The number of carboxylic acids is 1. The lowest BCUT2D eigenvalue weighted by molar-refractivity contribution is -0.137. The van der Waals surface area contributed by atoms with Crippen LogP contribution in [0, 0.1) is 12.7 Å². The van der Waals surface area contributed by atoms with Crippen LogP contribution in [0.4, 0.5) is 15.8 Å². The average molecular weight is 612 g/mol. The molecule has 3 aromatic carbocycles. The first kappa shape index (κ1) is 30.6. The molecule has 0 aliphatic carbocycles. The highest BCUT2D eigenvalue weighted by Gasteiger charge is 2.36. The van der Waals surface area contributed by atoms with E-state index in [0.29, 0.717) is 55.4 Å². The number of nitrogens with one attached hydrogen (secondary N) is 1. The van der Waals surface area contributed by atoms with Gasteiger partial charge in [0.25, 0.3) is 0 Å². The van der Waals surface area contributed by atoms with Gasteiger partial charge in [0.2, 0.25) is 10.0 Å². The summed E-state index contributed by atoms with van der Waals surface area (Å²) in [5.74, 6) is 0.133. The predicted molar refractivity (Wildman–Crippen MR) is 163 cm³/mol. The molecule has 0 amide bonds. The molecular weight excluding hydrogens is 573 g/mol. The van der Waals surface area contributed by atoms with Crippen molar-refractivity contribution in [3.8, 4) is 11.5 Å². The number of aliphatic carboxylic acids is 1. The molecule has 0 unspecified atom stereocenters. The first-order chi connectivity index (χ1) is 20.6. The Morgan fingerprint density at radius 3 is 2.42 bits per heavy atom. The van der Waals surface area contributed by atoms with E-state index < -0.39 is 22.0 Å². The molecule has 2 aliphatic rings. The number of sulfonamides is 1. The number of hydrogen-bond acceptors (Lipinski definition) is 7. The van der Waals surface area contributed by atoms with Gasteiger partial charge in [0.1, 0.15) is 23.4 Å². The van der Waals surface area contributed by atoms with E-state index in [-0.39, 0.29) is 29.3 Å². The third kappa shape index (κ3) is 7.40. The molecule has 0 aromatic heterocycles. The van der Waals surface area contributed by atoms with Gasteiger partial charge in [-0.05, 0) is 68.3 Å². The molecule has 2 atom stereocenters. The molecule has 0 bridgehead atoms. The number of carboxylic acid groups (broad SMARTS) is 1. The Morgan fingerprint density at radius 1 is 1.05 bits per heavy atom. The lowest BCUT2D eigenvalue weighted by Gasteiger charge is -2.34. The summed E-state index contributed by atoms with van der Waals surface area (Å²) >= 11 is 0. The molecule has 0 radical (unpaired) electrons. The van der Waals surface area contributed by atoms with Crippen LogP contribution in [-0.4, -0.2) is 63.9 Å². The van der Waals surface area contributed by atoms with E-state index >= 15 is 0 Å². The van der Waals surface area contributed by atoms with E-state index in [0.717, 1.165) is 18.5 Å².